The third kappa shape index (κ3) is 4.20. The van der Waals surface area contributed by atoms with Crippen LogP contribution in [0.25, 0.3) is 11.1 Å². The molecule has 0 spiro atoms. The topological polar surface area (TPSA) is 56.1 Å². The molecule has 0 saturated carbocycles. The second kappa shape index (κ2) is 9.48. The van der Waals surface area contributed by atoms with E-state index >= 15 is 0 Å². The summed E-state index contributed by atoms with van der Waals surface area (Å²) in [6.45, 7) is 2.12. The third-order valence-corrected chi connectivity index (χ3v) is 6.43. The van der Waals surface area contributed by atoms with Crippen molar-refractivity contribution in [1.29, 1.82) is 0 Å². The highest BCUT2D eigenvalue weighted by molar-refractivity contribution is 7.99. The zero-order valence-corrected chi connectivity index (χ0v) is 17.1. The second-order valence-corrected chi connectivity index (χ2v) is 8.18. The van der Waals surface area contributed by atoms with Gasteiger partial charge in [-0.2, -0.15) is 0 Å². The highest BCUT2D eigenvalue weighted by atomic mass is 32.2. The van der Waals surface area contributed by atoms with E-state index in [-0.39, 0.29) is 5.56 Å². The number of unbranched alkanes of at least 4 members (excludes halogenated alkanes) is 4. The summed E-state index contributed by atoms with van der Waals surface area (Å²) in [6.07, 6.45) is 6.68. The van der Waals surface area contributed by atoms with Crippen LogP contribution in [0.3, 0.4) is 0 Å². The molecule has 0 aliphatic carbocycles. The van der Waals surface area contributed by atoms with Gasteiger partial charge < -0.3 is 4.79 Å². The van der Waals surface area contributed by atoms with Gasteiger partial charge in [-0.1, -0.05) is 38.7 Å². The molecular formula is C22H23F2NO3S. The van der Waals surface area contributed by atoms with Crippen LogP contribution in [0.4, 0.5) is 8.78 Å². The Hall–Kier alpha value is -2.28. The first kappa shape index (κ1) is 21.4. The summed E-state index contributed by atoms with van der Waals surface area (Å²) >= 11 is 1.33. The summed E-state index contributed by atoms with van der Waals surface area (Å²) in [4.78, 5) is 36.2. The van der Waals surface area contributed by atoms with Crippen LogP contribution in [0.1, 0.15) is 61.0 Å². The first-order valence-corrected chi connectivity index (χ1v) is 10.8. The van der Waals surface area contributed by atoms with E-state index in [1.807, 2.05) is 0 Å². The third-order valence-electron chi connectivity index (χ3n) is 5.24. The highest BCUT2D eigenvalue weighted by Gasteiger charge is 2.31. The molecule has 7 heteroatoms. The summed E-state index contributed by atoms with van der Waals surface area (Å²) in [7, 11) is 0. The monoisotopic (exact) mass is 419 g/mol. The standard InChI is InChI=1S/C22H23F2NO3S/c1-2-3-4-5-6-7-16-17(12-27)21(28)25-15(11-26)13-29-22(25)20(16)14-8-9-18(23)19(24)10-14/h8-12,15H,2-7,13H2,1H3/t15-/m1/s1. The molecule has 1 aromatic carbocycles. The lowest BCUT2D eigenvalue weighted by atomic mass is 9.93. The quantitative estimate of drug-likeness (QED) is 0.426. The first-order chi connectivity index (χ1) is 14.0. The van der Waals surface area contributed by atoms with Gasteiger partial charge in [-0.15, -0.1) is 11.8 Å². The van der Waals surface area contributed by atoms with Crippen LogP contribution in [-0.2, 0) is 11.2 Å². The Balaban J connectivity index is 2.18. The van der Waals surface area contributed by atoms with E-state index in [0.717, 1.165) is 44.2 Å². The smallest absolute Gasteiger partial charge is 0.263 e. The number of carbonyl (C=O) groups is 2. The Kier molecular flexibility index (Phi) is 7.00. The van der Waals surface area contributed by atoms with Crippen LogP contribution in [0.15, 0.2) is 28.0 Å². The van der Waals surface area contributed by atoms with Gasteiger partial charge in [0.2, 0.25) is 0 Å². The molecule has 1 aromatic heterocycles. The van der Waals surface area contributed by atoms with Crippen molar-refractivity contribution in [1.82, 2.24) is 4.57 Å². The van der Waals surface area contributed by atoms with E-state index < -0.39 is 23.2 Å². The van der Waals surface area contributed by atoms with Gasteiger partial charge in [0.25, 0.3) is 5.56 Å². The molecule has 3 rings (SSSR count). The van der Waals surface area contributed by atoms with Gasteiger partial charge in [0.15, 0.2) is 17.9 Å². The van der Waals surface area contributed by atoms with Crippen molar-refractivity contribution in [3.05, 3.63) is 51.3 Å². The number of hydrogen-bond acceptors (Lipinski definition) is 4. The normalized spacial score (nSPS) is 15.3. The number of aldehydes is 2. The molecule has 0 amide bonds. The average molecular weight is 419 g/mol. The number of pyridine rings is 1. The maximum absolute atomic E-state index is 14.0. The van der Waals surface area contributed by atoms with E-state index in [9.17, 15) is 23.2 Å². The lowest BCUT2D eigenvalue weighted by Crippen LogP contribution is -2.29. The predicted molar refractivity (Wildman–Crippen MR) is 110 cm³/mol. The van der Waals surface area contributed by atoms with Crippen molar-refractivity contribution in [2.45, 2.75) is 56.5 Å². The van der Waals surface area contributed by atoms with E-state index in [4.69, 9.17) is 0 Å². The number of aromatic nitrogens is 1. The molecule has 4 nitrogen and oxygen atoms in total. The van der Waals surface area contributed by atoms with Crippen molar-refractivity contribution < 1.29 is 18.4 Å². The molecule has 2 aromatic rings. The summed E-state index contributed by atoms with van der Waals surface area (Å²) < 4.78 is 28.8. The van der Waals surface area contributed by atoms with Crippen molar-refractivity contribution in [2.24, 2.45) is 0 Å². The minimum absolute atomic E-state index is 0.00155. The number of carbonyl (C=O) groups excluding carboxylic acids is 2. The molecular weight excluding hydrogens is 396 g/mol. The predicted octanol–water partition coefficient (Wildman–Crippen LogP) is 4.96. The zero-order chi connectivity index (χ0) is 21.0. The molecule has 0 saturated heterocycles. The molecule has 1 aliphatic heterocycles. The summed E-state index contributed by atoms with van der Waals surface area (Å²) in [5.41, 5.74) is 1.01. The van der Waals surface area contributed by atoms with Gasteiger partial charge in [-0.25, -0.2) is 8.78 Å². The number of rotatable bonds is 9. The van der Waals surface area contributed by atoms with E-state index in [0.29, 0.717) is 46.5 Å². The lowest BCUT2D eigenvalue weighted by Gasteiger charge is -2.18. The van der Waals surface area contributed by atoms with Gasteiger partial charge in [-0.05, 0) is 36.1 Å². The van der Waals surface area contributed by atoms with Crippen LogP contribution in [-0.4, -0.2) is 22.9 Å². The van der Waals surface area contributed by atoms with Crippen LogP contribution >= 0.6 is 11.8 Å². The number of hydrogen-bond donors (Lipinski definition) is 0. The number of nitrogens with zero attached hydrogens (tertiary/aromatic N) is 1. The van der Waals surface area contributed by atoms with Crippen LogP contribution < -0.4 is 5.56 Å². The number of benzene rings is 1. The summed E-state index contributed by atoms with van der Waals surface area (Å²) in [5, 5.41) is 0.535. The molecule has 2 heterocycles. The van der Waals surface area contributed by atoms with Gasteiger partial charge in [0.05, 0.1) is 10.6 Å². The SMILES string of the molecule is CCCCCCCc1c(-c2ccc(F)c(F)c2)c2n(c(=O)c1C=O)[C@H](C=O)CS2. The average Bonchev–Trinajstić information content (AvgIpc) is 3.14. The Labute approximate surface area is 172 Å². The Morgan fingerprint density at radius 2 is 1.90 bits per heavy atom. The highest BCUT2D eigenvalue weighted by Crippen LogP contribution is 2.41. The Bertz CT molecular complexity index is 987. The zero-order valence-electron chi connectivity index (χ0n) is 16.2. The Morgan fingerprint density at radius 1 is 1.14 bits per heavy atom. The fourth-order valence-corrected chi connectivity index (χ4v) is 5.05. The second-order valence-electron chi connectivity index (χ2n) is 7.17. The maximum Gasteiger partial charge on any atom is 0.263 e. The van der Waals surface area contributed by atoms with Gasteiger partial charge in [-0.3, -0.25) is 14.2 Å². The van der Waals surface area contributed by atoms with E-state index in [2.05, 4.69) is 6.92 Å². The minimum atomic E-state index is -0.996. The van der Waals surface area contributed by atoms with E-state index in [1.165, 1.54) is 22.4 Å². The van der Waals surface area contributed by atoms with Crippen LogP contribution in [0.5, 0.6) is 0 Å². The Morgan fingerprint density at radius 3 is 2.55 bits per heavy atom. The summed E-state index contributed by atoms with van der Waals surface area (Å²) in [5.74, 6) is -1.59. The van der Waals surface area contributed by atoms with Crippen molar-refractivity contribution in [3.8, 4) is 11.1 Å². The maximum atomic E-state index is 14.0. The molecule has 0 fully saturated rings. The number of thioether (sulfide) groups is 1. The lowest BCUT2D eigenvalue weighted by molar-refractivity contribution is -0.110. The molecule has 0 N–H and O–H groups in total. The number of fused-ring (bicyclic) bond motifs is 1. The molecule has 1 atom stereocenters. The molecule has 0 radical (unpaired) electrons. The van der Waals surface area contributed by atoms with Crippen LogP contribution in [0.2, 0.25) is 0 Å². The summed E-state index contributed by atoms with van der Waals surface area (Å²) in [6, 6.07) is 2.89. The molecule has 0 unspecified atom stereocenters. The molecule has 1 aliphatic rings. The van der Waals surface area contributed by atoms with Gasteiger partial charge >= 0.3 is 0 Å². The molecule has 154 valence electrons. The van der Waals surface area contributed by atoms with E-state index in [1.54, 1.807) is 0 Å². The van der Waals surface area contributed by atoms with Crippen molar-refractivity contribution in [3.63, 3.8) is 0 Å². The largest absolute Gasteiger partial charge is 0.301 e. The van der Waals surface area contributed by atoms with Gasteiger partial charge in [0, 0.05) is 11.3 Å². The fraction of sp³-hybridized carbons (Fsp3) is 0.409. The fourth-order valence-electron chi connectivity index (χ4n) is 3.75. The van der Waals surface area contributed by atoms with Crippen molar-refractivity contribution >= 4 is 24.3 Å². The molecule has 0 bridgehead atoms. The van der Waals surface area contributed by atoms with Gasteiger partial charge in [0.1, 0.15) is 12.3 Å². The van der Waals surface area contributed by atoms with Crippen LogP contribution in [0, 0.1) is 11.6 Å². The first-order valence-electron chi connectivity index (χ1n) is 9.83. The van der Waals surface area contributed by atoms with Crippen molar-refractivity contribution in [2.75, 3.05) is 5.75 Å². The molecule has 29 heavy (non-hydrogen) atoms. The number of halogens is 2. The minimum Gasteiger partial charge on any atom is -0.301 e.